The van der Waals surface area contributed by atoms with Crippen LogP contribution < -0.4 is 10.6 Å². The summed E-state index contributed by atoms with van der Waals surface area (Å²) in [5, 5.41) is 16.5. The lowest BCUT2D eigenvalue weighted by Crippen LogP contribution is -2.30. The van der Waals surface area contributed by atoms with Crippen molar-refractivity contribution in [1.82, 2.24) is 15.0 Å². The van der Waals surface area contributed by atoms with Crippen LogP contribution in [0.4, 0.5) is 17.5 Å². The normalized spacial score (nSPS) is 12.1. The molecule has 2 aromatic heterocycles. The van der Waals surface area contributed by atoms with Crippen molar-refractivity contribution in [3.63, 3.8) is 0 Å². The SMILES string of the molecule is CCc1cccc(C)c1Nc1cc(-c2cccnc2)nc(N[C@H](CO)C(C)C)n1. The maximum Gasteiger partial charge on any atom is 0.225 e. The molecule has 0 aliphatic heterocycles. The molecule has 152 valence electrons. The summed E-state index contributed by atoms with van der Waals surface area (Å²) >= 11 is 0. The van der Waals surface area contributed by atoms with Crippen molar-refractivity contribution in [1.29, 1.82) is 0 Å². The number of anilines is 3. The van der Waals surface area contributed by atoms with Crippen molar-refractivity contribution in [2.45, 2.75) is 40.2 Å². The minimum Gasteiger partial charge on any atom is -0.394 e. The summed E-state index contributed by atoms with van der Waals surface area (Å²) in [5.41, 5.74) is 5.14. The molecule has 2 heterocycles. The van der Waals surface area contributed by atoms with E-state index in [1.807, 2.05) is 18.2 Å². The highest BCUT2D eigenvalue weighted by atomic mass is 16.3. The summed E-state index contributed by atoms with van der Waals surface area (Å²) in [7, 11) is 0. The van der Waals surface area contributed by atoms with Gasteiger partial charge in [0.1, 0.15) is 5.82 Å². The molecule has 6 nitrogen and oxygen atoms in total. The summed E-state index contributed by atoms with van der Waals surface area (Å²) in [6.45, 7) is 8.35. The molecule has 1 atom stereocenters. The van der Waals surface area contributed by atoms with Gasteiger partial charge >= 0.3 is 0 Å². The Hall–Kier alpha value is -2.99. The molecule has 3 aromatic rings. The molecule has 0 aliphatic rings. The third kappa shape index (κ3) is 5.09. The molecule has 0 amide bonds. The molecule has 0 saturated carbocycles. The molecular weight excluding hydrogens is 362 g/mol. The molecule has 29 heavy (non-hydrogen) atoms. The van der Waals surface area contributed by atoms with Gasteiger partial charge in [0, 0.05) is 29.7 Å². The van der Waals surface area contributed by atoms with E-state index in [2.05, 4.69) is 71.5 Å². The van der Waals surface area contributed by atoms with Crippen LogP contribution in [-0.4, -0.2) is 32.7 Å². The van der Waals surface area contributed by atoms with E-state index < -0.39 is 0 Å². The Kier molecular flexibility index (Phi) is 6.77. The van der Waals surface area contributed by atoms with E-state index >= 15 is 0 Å². The van der Waals surface area contributed by atoms with Gasteiger partial charge < -0.3 is 15.7 Å². The van der Waals surface area contributed by atoms with Crippen molar-refractivity contribution in [2.75, 3.05) is 17.2 Å². The maximum absolute atomic E-state index is 9.71. The van der Waals surface area contributed by atoms with Gasteiger partial charge in [-0.25, -0.2) is 4.98 Å². The quantitative estimate of drug-likeness (QED) is 0.521. The lowest BCUT2D eigenvalue weighted by atomic mass is 10.1. The molecule has 0 saturated heterocycles. The minimum absolute atomic E-state index is 0.0126. The van der Waals surface area contributed by atoms with Crippen LogP contribution in [0.1, 0.15) is 31.9 Å². The van der Waals surface area contributed by atoms with E-state index in [-0.39, 0.29) is 18.6 Å². The van der Waals surface area contributed by atoms with Gasteiger partial charge in [0.2, 0.25) is 5.95 Å². The summed E-state index contributed by atoms with van der Waals surface area (Å²) in [6.07, 6.45) is 4.45. The van der Waals surface area contributed by atoms with E-state index in [0.29, 0.717) is 11.8 Å². The van der Waals surface area contributed by atoms with E-state index in [9.17, 15) is 5.11 Å². The molecule has 0 aliphatic carbocycles. The maximum atomic E-state index is 9.71. The Morgan fingerprint density at radius 3 is 2.59 bits per heavy atom. The molecule has 0 radical (unpaired) electrons. The van der Waals surface area contributed by atoms with Crippen LogP contribution in [0.15, 0.2) is 48.8 Å². The predicted molar refractivity (Wildman–Crippen MR) is 118 cm³/mol. The number of nitrogens with zero attached hydrogens (tertiary/aromatic N) is 3. The fraction of sp³-hybridized carbons (Fsp3) is 0.348. The Balaban J connectivity index is 2.03. The van der Waals surface area contributed by atoms with Gasteiger partial charge in [0.15, 0.2) is 0 Å². The fourth-order valence-corrected chi connectivity index (χ4v) is 3.16. The number of rotatable bonds is 8. The summed E-state index contributed by atoms with van der Waals surface area (Å²) in [4.78, 5) is 13.6. The molecule has 0 spiro atoms. The highest BCUT2D eigenvalue weighted by Gasteiger charge is 2.16. The second kappa shape index (κ2) is 9.47. The number of hydrogen-bond donors (Lipinski definition) is 3. The zero-order valence-corrected chi connectivity index (χ0v) is 17.5. The number of aliphatic hydroxyl groups excluding tert-OH is 1. The molecule has 0 unspecified atom stereocenters. The molecule has 6 heteroatoms. The first-order valence-corrected chi connectivity index (χ1v) is 10.0. The van der Waals surface area contributed by atoms with Crippen molar-refractivity contribution in [2.24, 2.45) is 5.92 Å². The molecule has 3 rings (SSSR count). The van der Waals surface area contributed by atoms with Crippen LogP contribution in [0, 0.1) is 12.8 Å². The summed E-state index contributed by atoms with van der Waals surface area (Å²) in [6, 6.07) is 11.9. The van der Waals surface area contributed by atoms with Gasteiger partial charge in [-0.3, -0.25) is 4.98 Å². The van der Waals surface area contributed by atoms with Crippen molar-refractivity contribution < 1.29 is 5.11 Å². The van der Waals surface area contributed by atoms with Crippen LogP contribution in [0.5, 0.6) is 0 Å². The van der Waals surface area contributed by atoms with Crippen molar-refractivity contribution in [3.05, 3.63) is 59.9 Å². The number of pyridine rings is 1. The van der Waals surface area contributed by atoms with Gasteiger partial charge in [-0.15, -0.1) is 0 Å². The number of aromatic nitrogens is 3. The summed E-state index contributed by atoms with van der Waals surface area (Å²) < 4.78 is 0. The first kappa shape index (κ1) is 20.7. The van der Waals surface area contributed by atoms with Crippen molar-refractivity contribution >= 4 is 17.5 Å². The Morgan fingerprint density at radius 2 is 1.93 bits per heavy atom. The Labute approximate surface area is 172 Å². The van der Waals surface area contributed by atoms with Crippen LogP contribution in [0.3, 0.4) is 0 Å². The Bertz CT molecular complexity index is 943. The van der Waals surface area contributed by atoms with Crippen LogP contribution >= 0.6 is 0 Å². The number of benzene rings is 1. The molecule has 1 aromatic carbocycles. The number of hydrogen-bond acceptors (Lipinski definition) is 6. The van der Waals surface area contributed by atoms with Gasteiger partial charge in [0.25, 0.3) is 0 Å². The van der Waals surface area contributed by atoms with E-state index in [4.69, 9.17) is 0 Å². The van der Waals surface area contributed by atoms with Crippen LogP contribution in [0.25, 0.3) is 11.3 Å². The molecule has 0 bridgehead atoms. The molecule has 0 fully saturated rings. The monoisotopic (exact) mass is 391 g/mol. The molecule has 3 N–H and O–H groups in total. The number of nitrogens with one attached hydrogen (secondary N) is 2. The van der Waals surface area contributed by atoms with Crippen molar-refractivity contribution in [3.8, 4) is 11.3 Å². The standard InChI is InChI=1S/C23H29N5O/c1-5-17-9-6-8-16(4)22(17)27-21-12-19(18-10-7-11-24-13-18)25-23(28-21)26-20(14-29)15(2)3/h6-13,15,20,29H,5,14H2,1-4H3,(H2,25,26,27,28)/t20-/m1/s1. The third-order valence-electron chi connectivity index (χ3n) is 4.99. The van der Waals surface area contributed by atoms with Crippen LogP contribution in [-0.2, 0) is 6.42 Å². The van der Waals surface area contributed by atoms with Gasteiger partial charge in [-0.1, -0.05) is 39.0 Å². The van der Waals surface area contributed by atoms with E-state index in [0.717, 1.165) is 28.9 Å². The fourth-order valence-electron chi connectivity index (χ4n) is 3.16. The second-order valence-corrected chi connectivity index (χ2v) is 7.47. The van der Waals surface area contributed by atoms with Gasteiger partial charge in [-0.05, 0) is 42.5 Å². The predicted octanol–water partition coefficient (Wildman–Crippen LogP) is 4.58. The summed E-state index contributed by atoms with van der Waals surface area (Å²) in [5.74, 6) is 1.42. The van der Waals surface area contributed by atoms with E-state index in [1.54, 1.807) is 12.4 Å². The first-order chi connectivity index (χ1) is 14.0. The molecular formula is C23H29N5O. The average molecular weight is 392 g/mol. The third-order valence-corrected chi connectivity index (χ3v) is 4.99. The highest BCUT2D eigenvalue weighted by molar-refractivity contribution is 5.70. The highest BCUT2D eigenvalue weighted by Crippen LogP contribution is 2.28. The minimum atomic E-state index is -0.128. The zero-order valence-electron chi connectivity index (χ0n) is 17.5. The number of aliphatic hydroxyl groups is 1. The lowest BCUT2D eigenvalue weighted by molar-refractivity contribution is 0.248. The van der Waals surface area contributed by atoms with Gasteiger partial charge in [0.05, 0.1) is 18.3 Å². The van der Waals surface area contributed by atoms with E-state index in [1.165, 1.54) is 5.56 Å². The smallest absolute Gasteiger partial charge is 0.225 e. The average Bonchev–Trinajstić information content (AvgIpc) is 2.73. The second-order valence-electron chi connectivity index (χ2n) is 7.47. The first-order valence-electron chi connectivity index (χ1n) is 10.0. The van der Waals surface area contributed by atoms with Crippen LogP contribution in [0.2, 0.25) is 0 Å². The Morgan fingerprint density at radius 1 is 1.10 bits per heavy atom. The van der Waals surface area contributed by atoms with Gasteiger partial charge in [-0.2, -0.15) is 4.98 Å². The lowest BCUT2D eigenvalue weighted by Gasteiger charge is -2.21. The zero-order chi connectivity index (χ0) is 20.8. The number of para-hydroxylation sites is 1. The number of aryl methyl sites for hydroxylation is 2. The largest absolute Gasteiger partial charge is 0.394 e. The topological polar surface area (TPSA) is 83.0 Å².